The SMILES string of the molecule is c1ccc(N(c2ccc(-c3ccc4c(c3)c3cc(-c5cccc6ccccc56)ccc3n4-c3ccc(-c4ccc5c6ccccc6c6ccccc6c5c4)cc3)cc2)c2cccc3c2sc2ccccc23)cc1. The first-order chi connectivity index (χ1) is 36.2. The molecular weight excluding hydrogens is 901 g/mol. The van der Waals surface area contributed by atoms with Gasteiger partial charge < -0.3 is 9.47 Å². The summed E-state index contributed by atoms with van der Waals surface area (Å²) in [5, 5.41) is 15.3. The van der Waals surface area contributed by atoms with Gasteiger partial charge in [0.25, 0.3) is 0 Å². The minimum atomic E-state index is 1.12. The van der Waals surface area contributed by atoms with Crippen LogP contribution in [-0.4, -0.2) is 4.57 Å². The maximum absolute atomic E-state index is 2.45. The normalized spacial score (nSPS) is 11.8. The highest BCUT2D eigenvalue weighted by Crippen LogP contribution is 2.46. The van der Waals surface area contributed by atoms with E-state index in [1.165, 1.54) is 124 Å². The van der Waals surface area contributed by atoms with Crippen LogP contribution < -0.4 is 4.90 Å². The second kappa shape index (κ2) is 16.7. The molecule has 0 aliphatic heterocycles. The molecule has 0 radical (unpaired) electrons. The number of thiophene rings is 1. The fraction of sp³-hybridized carbons (Fsp3) is 0. The van der Waals surface area contributed by atoms with E-state index < -0.39 is 0 Å². The summed E-state index contributed by atoms with van der Waals surface area (Å²) in [6.45, 7) is 0. The molecule has 0 aliphatic carbocycles. The van der Waals surface area contributed by atoms with E-state index in [9.17, 15) is 0 Å². The second-order valence-electron chi connectivity index (χ2n) is 19.2. The molecule has 15 aromatic rings. The summed E-state index contributed by atoms with van der Waals surface area (Å²) in [6, 6.07) is 98.5. The zero-order chi connectivity index (χ0) is 48.0. The molecule has 0 spiro atoms. The van der Waals surface area contributed by atoms with Crippen molar-refractivity contribution in [3.63, 3.8) is 0 Å². The van der Waals surface area contributed by atoms with Gasteiger partial charge >= 0.3 is 0 Å². The predicted octanol–water partition coefficient (Wildman–Crippen LogP) is 20.2. The Balaban J connectivity index is 0.854. The van der Waals surface area contributed by atoms with Crippen molar-refractivity contribution in [1.82, 2.24) is 4.57 Å². The van der Waals surface area contributed by atoms with Crippen LogP contribution in [0.3, 0.4) is 0 Å². The van der Waals surface area contributed by atoms with Crippen LogP contribution in [0.25, 0.3) is 124 Å². The van der Waals surface area contributed by atoms with Gasteiger partial charge in [0.2, 0.25) is 0 Å². The molecule has 0 N–H and O–H groups in total. The lowest BCUT2D eigenvalue weighted by Gasteiger charge is -2.26. The molecule has 340 valence electrons. The smallest absolute Gasteiger partial charge is 0.0640 e. The standard InChI is InChI=1S/C70H44N2S/c1-2-16-51(17-3-1)71(68-26-13-25-62-61-23-10-11-27-69(61)73-70(62)68)52-35-28-46(29-36-52)49-33-40-66-64(43-49)65-44-50(55-24-12-15-47-14-4-5-18-54(47)55)34-41-67(65)72(66)53-37-30-45(31-38-53)48-32-39-60-58-21-7-6-19-56(58)57-20-8-9-22-59(57)63(60)42-48/h1-44H. The molecule has 3 heteroatoms. The van der Waals surface area contributed by atoms with Gasteiger partial charge in [-0.15, -0.1) is 11.3 Å². The third-order valence-electron chi connectivity index (χ3n) is 15.2. The summed E-state index contributed by atoms with van der Waals surface area (Å²) in [5.41, 5.74) is 14.1. The number of benzene rings is 13. The van der Waals surface area contributed by atoms with E-state index in [1.54, 1.807) is 0 Å². The monoisotopic (exact) mass is 944 g/mol. The van der Waals surface area contributed by atoms with Gasteiger partial charge in [0, 0.05) is 43.3 Å². The van der Waals surface area contributed by atoms with Crippen molar-refractivity contribution in [3.05, 3.63) is 267 Å². The van der Waals surface area contributed by atoms with Crippen molar-refractivity contribution >= 4 is 113 Å². The highest BCUT2D eigenvalue weighted by Gasteiger charge is 2.20. The van der Waals surface area contributed by atoms with Crippen LogP contribution >= 0.6 is 11.3 Å². The van der Waals surface area contributed by atoms with E-state index in [0.29, 0.717) is 0 Å². The lowest BCUT2D eigenvalue weighted by molar-refractivity contribution is 1.18. The molecular formula is C70H44N2S. The summed E-state index contributed by atoms with van der Waals surface area (Å²) in [7, 11) is 0. The molecule has 2 heterocycles. The Hall–Kier alpha value is -9.28. The van der Waals surface area contributed by atoms with E-state index in [2.05, 4.69) is 276 Å². The molecule has 0 aliphatic rings. The van der Waals surface area contributed by atoms with Crippen LogP contribution in [0, 0.1) is 0 Å². The molecule has 0 atom stereocenters. The third kappa shape index (κ3) is 6.70. The van der Waals surface area contributed by atoms with E-state index in [4.69, 9.17) is 0 Å². The Bertz CT molecular complexity index is 4620. The first kappa shape index (κ1) is 41.5. The average Bonchev–Trinajstić information content (AvgIpc) is 4.02. The van der Waals surface area contributed by atoms with Crippen LogP contribution in [0.1, 0.15) is 0 Å². The second-order valence-corrected chi connectivity index (χ2v) is 20.2. The maximum Gasteiger partial charge on any atom is 0.0640 e. The van der Waals surface area contributed by atoms with E-state index >= 15 is 0 Å². The number of hydrogen-bond acceptors (Lipinski definition) is 2. The van der Waals surface area contributed by atoms with Gasteiger partial charge in [0.05, 0.1) is 21.4 Å². The van der Waals surface area contributed by atoms with Gasteiger partial charge in [-0.2, -0.15) is 0 Å². The minimum Gasteiger partial charge on any atom is -0.309 e. The van der Waals surface area contributed by atoms with Crippen molar-refractivity contribution in [2.45, 2.75) is 0 Å². The molecule has 0 bridgehead atoms. The Morgan fingerprint density at radius 1 is 0.288 bits per heavy atom. The molecule has 15 rings (SSSR count). The van der Waals surface area contributed by atoms with Crippen molar-refractivity contribution in [1.29, 1.82) is 0 Å². The molecule has 2 nitrogen and oxygen atoms in total. The zero-order valence-electron chi connectivity index (χ0n) is 39.7. The van der Waals surface area contributed by atoms with E-state index in [-0.39, 0.29) is 0 Å². The Kier molecular flexibility index (Phi) is 9.48. The van der Waals surface area contributed by atoms with Crippen LogP contribution in [-0.2, 0) is 0 Å². The number of aromatic nitrogens is 1. The fourth-order valence-corrected chi connectivity index (χ4v) is 12.9. The Labute approximate surface area is 426 Å². The van der Waals surface area contributed by atoms with Gasteiger partial charge in [-0.1, -0.05) is 188 Å². The van der Waals surface area contributed by atoms with Crippen molar-refractivity contribution < 1.29 is 0 Å². The quantitative estimate of drug-likeness (QED) is 0.145. The summed E-state index contributed by atoms with van der Waals surface area (Å²) >= 11 is 1.86. The van der Waals surface area contributed by atoms with Gasteiger partial charge in [0.1, 0.15) is 0 Å². The predicted molar refractivity (Wildman–Crippen MR) is 315 cm³/mol. The first-order valence-corrected chi connectivity index (χ1v) is 25.9. The highest BCUT2D eigenvalue weighted by molar-refractivity contribution is 7.26. The van der Waals surface area contributed by atoms with Crippen molar-refractivity contribution in [2.24, 2.45) is 0 Å². The first-order valence-electron chi connectivity index (χ1n) is 25.1. The van der Waals surface area contributed by atoms with Crippen LogP contribution in [0.15, 0.2) is 267 Å². The molecule has 0 amide bonds. The number of hydrogen-bond donors (Lipinski definition) is 0. The number of nitrogens with zero attached hydrogens (tertiary/aromatic N) is 2. The average molecular weight is 945 g/mol. The lowest BCUT2D eigenvalue weighted by atomic mass is 9.92. The van der Waals surface area contributed by atoms with Gasteiger partial charge in [-0.05, 0) is 155 Å². The summed E-state index contributed by atoms with van der Waals surface area (Å²) in [5.74, 6) is 0. The molecule has 0 unspecified atom stereocenters. The van der Waals surface area contributed by atoms with E-state index in [0.717, 1.165) is 17.1 Å². The summed E-state index contributed by atoms with van der Waals surface area (Å²) in [4.78, 5) is 2.40. The lowest BCUT2D eigenvalue weighted by Crippen LogP contribution is -2.09. The Morgan fingerprint density at radius 3 is 1.48 bits per heavy atom. The van der Waals surface area contributed by atoms with Crippen molar-refractivity contribution in [3.8, 4) is 39.1 Å². The van der Waals surface area contributed by atoms with Gasteiger partial charge in [0.15, 0.2) is 0 Å². The zero-order valence-corrected chi connectivity index (χ0v) is 40.5. The summed E-state index contributed by atoms with van der Waals surface area (Å²) in [6.07, 6.45) is 0. The highest BCUT2D eigenvalue weighted by atomic mass is 32.1. The van der Waals surface area contributed by atoms with E-state index in [1.807, 2.05) is 11.3 Å². The maximum atomic E-state index is 2.45. The third-order valence-corrected chi connectivity index (χ3v) is 16.4. The molecule has 0 fully saturated rings. The fourth-order valence-electron chi connectivity index (χ4n) is 11.7. The number of anilines is 3. The molecule has 73 heavy (non-hydrogen) atoms. The minimum absolute atomic E-state index is 1.12. The Morgan fingerprint density at radius 2 is 0.767 bits per heavy atom. The van der Waals surface area contributed by atoms with Crippen LogP contribution in [0.5, 0.6) is 0 Å². The van der Waals surface area contributed by atoms with Gasteiger partial charge in [-0.3, -0.25) is 0 Å². The molecule has 13 aromatic carbocycles. The number of rotatable bonds is 7. The topological polar surface area (TPSA) is 8.17 Å². The molecule has 2 aromatic heterocycles. The molecule has 0 saturated heterocycles. The molecule has 0 saturated carbocycles. The summed E-state index contributed by atoms with van der Waals surface area (Å²) < 4.78 is 5.03. The number of fused-ring (bicyclic) bond motifs is 13. The van der Waals surface area contributed by atoms with Crippen LogP contribution in [0.2, 0.25) is 0 Å². The number of para-hydroxylation sites is 1. The van der Waals surface area contributed by atoms with Gasteiger partial charge in [-0.25, -0.2) is 0 Å². The van der Waals surface area contributed by atoms with Crippen molar-refractivity contribution in [2.75, 3.05) is 4.90 Å². The largest absolute Gasteiger partial charge is 0.309 e. The van der Waals surface area contributed by atoms with Crippen LogP contribution in [0.4, 0.5) is 17.1 Å².